The van der Waals surface area contributed by atoms with Crippen LogP contribution in [-0.2, 0) is 16.0 Å². The second-order valence-corrected chi connectivity index (χ2v) is 11.3. The number of nitrogens with zero attached hydrogens (tertiary/aromatic N) is 2. The predicted molar refractivity (Wildman–Crippen MR) is 126 cm³/mol. The van der Waals surface area contributed by atoms with Gasteiger partial charge in [0.1, 0.15) is 6.04 Å². The number of hydrogen-bond acceptors (Lipinski definition) is 7. The number of fused-ring (bicyclic) bond motifs is 1. The highest BCUT2D eigenvalue weighted by molar-refractivity contribution is 7.18. The summed E-state index contributed by atoms with van der Waals surface area (Å²) >= 11 is 8.64. The Bertz CT molecular complexity index is 1040. The molecule has 2 aromatic heterocycles. The van der Waals surface area contributed by atoms with Crippen molar-refractivity contribution >= 4 is 52.1 Å². The molecule has 0 aromatic carbocycles. The van der Waals surface area contributed by atoms with Gasteiger partial charge in [-0.05, 0) is 43.1 Å². The lowest BCUT2D eigenvalue weighted by molar-refractivity contribution is -0.145. The summed E-state index contributed by atoms with van der Waals surface area (Å²) in [5.74, 6) is -0.571. The first kappa shape index (κ1) is 23.2. The molecule has 4 rings (SSSR count). The van der Waals surface area contributed by atoms with Crippen LogP contribution in [0.4, 0.5) is 0 Å². The number of nitrogens with one attached hydrogen (secondary N) is 1. The van der Waals surface area contributed by atoms with Gasteiger partial charge in [0.05, 0.1) is 21.2 Å². The highest BCUT2D eigenvalue weighted by Crippen LogP contribution is 2.34. The van der Waals surface area contributed by atoms with Crippen molar-refractivity contribution in [1.82, 2.24) is 15.1 Å². The molecule has 2 aromatic rings. The number of likely N-dealkylation sites (tertiary alicyclic amines) is 1. The van der Waals surface area contributed by atoms with E-state index >= 15 is 0 Å². The predicted octanol–water partition coefficient (Wildman–Crippen LogP) is 3.24. The number of esters is 1. The van der Waals surface area contributed by atoms with Crippen molar-refractivity contribution in [3.63, 3.8) is 0 Å². The number of thiophene rings is 2. The van der Waals surface area contributed by atoms with Crippen LogP contribution in [0.1, 0.15) is 49.0 Å². The average molecular weight is 496 g/mol. The highest BCUT2D eigenvalue weighted by Gasteiger charge is 2.42. The van der Waals surface area contributed by atoms with Crippen molar-refractivity contribution < 1.29 is 19.1 Å². The molecule has 1 saturated heterocycles. The second kappa shape index (κ2) is 9.51. The summed E-state index contributed by atoms with van der Waals surface area (Å²) in [5.41, 5.74) is 1.22. The summed E-state index contributed by atoms with van der Waals surface area (Å²) in [4.78, 5) is 44.7. The molecule has 32 heavy (non-hydrogen) atoms. The molecule has 7 nitrogen and oxygen atoms in total. The number of ether oxygens (including phenoxy) is 1. The van der Waals surface area contributed by atoms with E-state index in [1.54, 1.807) is 17.0 Å². The Labute approximate surface area is 200 Å². The zero-order chi connectivity index (χ0) is 23.0. The molecule has 1 unspecified atom stereocenters. The van der Waals surface area contributed by atoms with E-state index in [0.29, 0.717) is 26.4 Å². The van der Waals surface area contributed by atoms with Gasteiger partial charge in [0, 0.05) is 37.0 Å². The van der Waals surface area contributed by atoms with Crippen LogP contribution in [0.25, 0.3) is 0 Å². The van der Waals surface area contributed by atoms with Gasteiger partial charge in [-0.2, -0.15) is 0 Å². The summed E-state index contributed by atoms with van der Waals surface area (Å²) in [6.45, 7) is 4.34. The number of rotatable bonds is 4. The summed E-state index contributed by atoms with van der Waals surface area (Å²) in [5, 5.41) is 2.93. The molecule has 10 heteroatoms. The number of carbonyl (C=O) groups excluding carboxylic acids is 3. The molecular formula is C22H26ClN3O4S2. The average Bonchev–Trinajstić information content (AvgIpc) is 3.47. The van der Waals surface area contributed by atoms with Crippen molar-refractivity contribution in [2.75, 3.05) is 33.8 Å². The minimum absolute atomic E-state index is 0.185. The van der Waals surface area contributed by atoms with Crippen molar-refractivity contribution in [2.45, 2.75) is 37.8 Å². The van der Waals surface area contributed by atoms with Gasteiger partial charge >= 0.3 is 5.97 Å². The Hall–Kier alpha value is -1.94. The molecule has 0 saturated carbocycles. The summed E-state index contributed by atoms with van der Waals surface area (Å²) in [7, 11) is 3.43. The molecule has 0 radical (unpaired) electrons. The third kappa shape index (κ3) is 4.71. The van der Waals surface area contributed by atoms with Gasteiger partial charge in [0.25, 0.3) is 11.8 Å². The number of methoxy groups -OCH3 is 1. The standard InChI is InChI=1S/C22H26ClN3O4S2/c1-12-10-25(2)7-6-16-14(12)9-18(31-16)21(28)26-11-13(8-15(26)22(29)30-3)24-20(27)17-4-5-19(23)32-17/h4-5,9,12-13,15H,6-8,10-11H2,1-3H3,(H,24,27)/t12?,13-,15+/m1/s1. The van der Waals surface area contributed by atoms with Gasteiger partial charge in [-0.15, -0.1) is 22.7 Å². The molecule has 3 atom stereocenters. The first-order valence-corrected chi connectivity index (χ1v) is 12.5. The third-order valence-electron chi connectivity index (χ3n) is 6.06. The maximum Gasteiger partial charge on any atom is 0.328 e. The van der Waals surface area contributed by atoms with Gasteiger partial charge in [-0.3, -0.25) is 9.59 Å². The summed E-state index contributed by atoms with van der Waals surface area (Å²) < 4.78 is 5.49. The number of carbonyl (C=O) groups is 3. The fourth-order valence-electron chi connectivity index (χ4n) is 4.47. The van der Waals surface area contributed by atoms with E-state index in [9.17, 15) is 14.4 Å². The molecule has 1 N–H and O–H groups in total. The number of amides is 2. The van der Waals surface area contributed by atoms with Crippen LogP contribution in [0.15, 0.2) is 18.2 Å². The monoisotopic (exact) mass is 495 g/mol. The van der Waals surface area contributed by atoms with Crippen molar-refractivity contribution in [3.05, 3.63) is 42.7 Å². The van der Waals surface area contributed by atoms with E-state index in [1.807, 2.05) is 6.07 Å². The molecule has 1 fully saturated rings. The molecule has 4 heterocycles. The Kier molecular flexibility index (Phi) is 6.90. The Morgan fingerprint density at radius 1 is 1.19 bits per heavy atom. The first-order valence-electron chi connectivity index (χ1n) is 10.5. The largest absolute Gasteiger partial charge is 0.467 e. The Morgan fingerprint density at radius 3 is 2.66 bits per heavy atom. The number of halogens is 1. The molecule has 0 aliphatic carbocycles. The lowest BCUT2D eigenvalue weighted by Crippen LogP contribution is -2.41. The fourth-order valence-corrected chi connectivity index (χ4v) is 6.64. The minimum atomic E-state index is -0.727. The van der Waals surface area contributed by atoms with E-state index in [-0.39, 0.29) is 24.4 Å². The Morgan fingerprint density at radius 2 is 1.97 bits per heavy atom. The van der Waals surface area contributed by atoms with Crippen LogP contribution in [0.3, 0.4) is 0 Å². The topological polar surface area (TPSA) is 79.0 Å². The maximum absolute atomic E-state index is 13.4. The number of hydrogen-bond donors (Lipinski definition) is 1. The van der Waals surface area contributed by atoms with Crippen LogP contribution in [0.2, 0.25) is 4.34 Å². The number of likely N-dealkylation sites (N-methyl/N-ethyl adjacent to an activating group) is 1. The van der Waals surface area contributed by atoms with E-state index in [0.717, 1.165) is 19.5 Å². The third-order valence-corrected chi connectivity index (χ3v) is 8.49. The van der Waals surface area contributed by atoms with E-state index < -0.39 is 12.0 Å². The van der Waals surface area contributed by atoms with E-state index in [2.05, 4.69) is 24.2 Å². The minimum Gasteiger partial charge on any atom is -0.467 e. The lowest BCUT2D eigenvalue weighted by Gasteiger charge is -2.22. The lowest BCUT2D eigenvalue weighted by atomic mass is 10.0. The molecule has 0 spiro atoms. The van der Waals surface area contributed by atoms with E-state index in [4.69, 9.17) is 16.3 Å². The van der Waals surface area contributed by atoms with Gasteiger partial charge in [0.2, 0.25) is 0 Å². The second-order valence-electron chi connectivity index (χ2n) is 8.41. The fraction of sp³-hybridized carbons (Fsp3) is 0.500. The van der Waals surface area contributed by atoms with E-state index in [1.165, 1.54) is 40.2 Å². The highest BCUT2D eigenvalue weighted by atomic mass is 35.5. The zero-order valence-electron chi connectivity index (χ0n) is 18.2. The Balaban J connectivity index is 1.52. The van der Waals surface area contributed by atoms with Crippen LogP contribution in [0.5, 0.6) is 0 Å². The quantitative estimate of drug-likeness (QED) is 0.659. The SMILES string of the molecule is COC(=O)[C@@H]1C[C@@H](NC(=O)c2ccc(Cl)s2)CN1C(=O)c1cc2c(s1)CCN(C)CC2C. The summed E-state index contributed by atoms with van der Waals surface area (Å²) in [6, 6.07) is 4.25. The van der Waals surface area contributed by atoms with Crippen LogP contribution < -0.4 is 5.32 Å². The van der Waals surface area contributed by atoms with Crippen molar-refractivity contribution in [2.24, 2.45) is 0 Å². The van der Waals surface area contributed by atoms with Crippen LogP contribution >= 0.6 is 34.3 Å². The van der Waals surface area contributed by atoms with Gasteiger partial charge < -0.3 is 19.9 Å². The normalized spacial score (nSPS) is 23.5. The van der Waals surface area contributed by atoms with Crippen LogP contribution in [0, 0.1) is 0 Å². The maximum atomic E-state index is 13.4. The first-order chi connectivity index (χ1) is 15.3. The molecule has 0 bridgehead atoms. The molecule has 2 aliphatic heterocycles. The van der Waals surface area contributed by atoms with Crippen molar-refractivity contribution in [3.8, 4) is 0 Å². The molecule has 2 aliphatic rings. The molecular weight excluding hydrogens is 470 g/mol. The van der Waals surface area contributed by atoms with Gasteiger partial charge in [-0.25, -0.2) is 4.79 Å². The summed E-state index contributed by atoms with van der Waals surface area (Å²) in [6.07, 6.45) is 1.23. The smallest absolute Gasteiger partial charge is 0.328 e. The molecule has 172 valence electrons. The van der Waals surface area contributed by atoms with Crippen LogP contribution in [-0.4, -0.2) is 73.5 Å². The van der Waals surface area contributed by atoms with Crippen molar-refractivity contribution in [1.29, 1.82) is 0 Å². The van der Waals surface area contributed by atoms with Gasteiger partial charge in [0.15, 0.2) is 0 Å². The van der Waals surface area contributed by atoms with Gasteiger partial charge in [-0.1, -0.05) is 18.5 Å². The molecule has 2 amide bonds. The zero-order valence-corrected chi connectivity index (χ0v) is 20.6.